The Kier molecular flexibility index (Phi) is 6.12. The summed E-state index contributed by atoms with van der Waals surface area (Å²) in [6.07, 6.45) is 2.50. The molecule has 4 aromatic carbocycles. The minimum atomic E-state index is -0.949. The van der Waals surface area contributed by atoms with Crippen LogP contribution < -0.4 is 4.90 Å². The fourth-order valence-corrected chi connectivity index (χ4v) is 7.60. The average Bonchev–Trinajstić information content (AvgIpc) is 3.58. The zero-order chi connectivity index (χ0) is 29.9. The van der Waals surface area contributed by atoms with Crippen molar-refractivity contribution in [3.05, 3.63) is 132 Å². The number of rotatable bonds is 6. The third-order valence-corrected chi connectivity index (χ3v) is 10.00. The van der Waals surface area contributed by atoms with Crippen LogP contribution in [0.25, 0.3) is 10.9 Å². The van der Waals surface area contributed by atoms with Crippen molar-refractivity contribution in [1.82, 2.24) is 14.7 Å². The van der Waals surface area contributed by atoms with Gasteiger partial charge >= 0.3 is 6.09 Å². The second-order valence-electron chi connectivity index (χ2n) is 12.5. The molecule has 1 atom stereocenters. The Hall–Kier alpha value is -4.91. The summed E-state index contributed by atoms with van der Waals surface area (Å²) in [5, 5.41) is 16.1. The Morgan fingerprint density at radius 1 is 0.795 bits per heavy atom. The van der Waals surface area contributed by atoms with Gasteiger partial charge in [-0.2, -0.15) is 5.10 Å². The molecule has 3 heterocycles. The van der Waals surface area contributed by atoms with Gasteiger partial charge in [0.25, 0.3) is 0 Å². The van der Waals surface area contributed by atoms with E-state index in [1.807, 2.05) is 29.2 Å². The van der Waals surface area contributed by atoms with Crippen molar-refractivity contribution in [1.29, 1.82) is 0 Å². The fraction of sp³-hybridized carbons (Fsp3) is 0.270. The Morgan fingerprint density at radius 3 is 1.89 bits per heavy atom. The zero-order valence-electron chi connectivity index (χ0n) is 24.5. The van der Waals surface area contributed by atoms with E-state index in [2.05, 4.69) is 89.6 Å². The highest BCUT2D eigenvalue weighted by Gasteiger charge is 2.52. The van der Waals surface area contributed by atoms with E-state index in [0.717, 1.165) is 51.8 Å². The van der Waals surface area contributed by atoms with Gasteiger partial charge in [0.05, 0.1) is 16.6 Å². The maximum Gasteiger partial charge on any atom is 0.407 e. The van der Waals surface area contributed by atoms with Crippen LogP contribution in [0.1, 0.15) is 54.0 Å². The van der Waals surface area contributed by atoms with E-state index < -0.39 is 17.0 Å². The lowest BCUT2D eigenvalue weighted by Crippen LogP contribution is -2.38. The number of aromatic nitrogens is 2. The number of carboxylic acid groups (broad SMARTS) is 1. The first-order valence-corrected chi connectivity index (χ1v) is 15.5. The summed E-state index contributed by atoms with van der Waals surface area (Å²) in [6, 6.07) is 38.1. The Balaban J connectivity index is 1.32. The molecule has 1 saturated carbocycles. The second-order valence-corrected chi connectivity index (χ2v) is 12.5. The van der Waals surface area contributed by atoms with Crippen LogP contribution in [0, 0.1) is 5.41 Å². The highest BCUT2D eigenvalue weighted by atomic mass is 16.4. The number of amides is 2. The van der Waals surface area contributed by atoms with E-state index in [0.29, 0.717) is 31.8 Å². The summed E-state index contributed by atoms with van der Waals surface area (Å²) in [5.74, 6) is 0.418. The molecule has 220 valence electrons. The smallest absolute Gasteiger partial charge is 0.407 e. The highest BCUT2D eigenvalue weighted by Crippen LogP contribution is 2.49. The molecular weight excluding hydrogens is 548 g/mol. The number of hydrogen-bond donors (Lipinski definition) is 1. The Morgan fingerprint density at radius 2 is 1.36 bits per heavy atom. The second kappa shape index (κ2) is 10.1. The lowest BCUT2D eigenvalue weighted by Gasteiger charge is -2.37. The summed E-state index contributed by atoms with van der Waals surface area (Å²) >= 11 is 0. The number of carbonyl (C=O) groups is 2. The van der Waals surface area contributed by atoms with E-state index in [4.69, 9.17) is 5.10 Å². The number of carbonyl (C=O) groups excluding carboxylic acids is 1. The third-order valence-electron chi connectivity index (χ3n) is 10.00. The van der Waals surface area contributed by atoms with Gasteiger partial charge in [0, 0.05) is 36.6 Å². The van der Waals surface area contributed by atoms with Crippen molar-refractivity contribution in [2.45, 2.75) is 37.1 Å². The number of nitrogens with zero attached hydrogens (tertiary/aromatic N) is 4. The lowest BCUT2D eigenvalue weighted by molar-refractivity contribution is -0.124. The van der Waals surface area contributed by atoms with E-state index in [1.54, 1.807) is 0 Å². The molecule has 2 aliphatic heterocycles. The first kappa shape index (κ1) is 26.7. The molecule has 2 amide bonds. The minimum Gasteiger partial charge on any atom is -0.465 e. The van der Waals surface area contributed by atoms with Gasteiger partial charge in [-0.15, -0.1) is 0 Å². The molecule has 3 aliphatic rings. The molecule has 0 bridgehead atoms. The van der Waals surface area contributed by atoms with Crippen LogP contribution in [0.4, 0.5) is 10.5 Å². The predicted molar refractivity (Wildman–Crippen MR) is 170 cm³/mol. The van der Waals surface area contributed by atoms with Gasteiger partial charge in [-0.05, 0) is 60.6 Å². The predicted octanol–water partition coefficient (Wildman–Crippen LogP) is 6.86. The van der Waals surface area contributed by atoms with Gasteiger partial charge in [0.1, 0.15) is 5.54 Å². The quantitative estimate of drug-likeness (QED) is 0.222. The van der Waals surface area contributed by atoms with Crippen LogP contribution in [-0.2, 0) is 10.3 Å². The molecule has 1 aliphatic carbocycles. The molecule has 0 radical (unpaired) electrons. The lowest BCUT2D eigenvalue weighted by atomic mass is 9.77. The highest BCUT2D eigenvalue weighted by molar-refractivity contribution is 6.02. The maximum absolute atomic E-state index is 13.9. The first-order valence-electron chi connectivity index (χ1n) is 15.5. The van der Waals surface area contributed by atoms with Crippen molar-refractivity contribution in [2.24, 2.45) is 5.41 Å². The standard InChI is InChI=1S/C37H34N4O3/c42-34-36(20-22-39(25-36)35(43)44)21-23-40(34)30-18-19-32-31(24-30)33(26-16-17-26)38-41(32)37(27-10-4-1-5-11-27,28-12-6-2-7-13-28)29-14-8-3-9-15-29/h1-15,18-19,24,26H,16-17,20-23,25H2,(H,43,44). The van der Waals surface area contributed by atoms with Crippen LogP contribution in [0.15, 0.2) is 109 Å². The fourth-order valence-electron chi connectivity index (χ4n) is 7.60. The van der Waals surface area contributed by atoms with Crippen LogP contribution in [0.2, 0.25) is 0 Å². The monoisotopic (exact) mass is 582 g/mol. The molecule has 1 N–H and O–H groups in total. The molecule has 7 heteroatoms. The van der Waals surface area contributed by atoms with Crippen LogP contribution >= 0.6 is 0 Å². The molecule has 1 spiro atoms. The normalized spacial score (nSPS) is 20.2. The first-order chi connectivity index (χ1) is 21.5. The Bertz CT molecular complexity index is 1770. The van der Waals surface area contributed by atoms with Crippen LogP contribution in [0.5, 0.6) is 0 Å². The average molecular weight is 583 g/mol. The van der Waals surface area contributed by atoms with Crippen molar-refractivity contribution in [2.75, 3.05) is 24.5 Å². The van der Waals surface area contributed by atoms with Crippen LogP contribution in [0.3, 0.4) is 0 Å². The summed E-state index contributed by atoms with van der Waals surface area (Å²) < 4.78 is 2.22. The van der Waals surface area contributed by atoms with Crippen molar-refractivity contribution < 1.29 is 14.7 Å². The molecule has 44 heavy (non-hydrogen) atoms. The number of hydrogen-bond acceptors (Lipinski definition) is 3. The van der Waals surface area contributed by atoms with E-state index >= 15 is 0 Å². The van der Waals surface area contributed by atoms with E-state index in [1.165, 1.54) is 4.90 Å². The largest absolute Gasteiger partial charge is 0.465 e. The molecule has 7 nitrogen and oxygen atoms in total. The third kappa shape index (κ3) is 3.99. The minimum absolute atomic E-state index is 0.0353. The SMILES string of the molecule is O=C(O)N1CCC2(CCN(c3ccc4c(c3)c(C3CC3)nn4C(c3ccccc3)(c3ccccc3)c3ccccc3)C2=O)C1. The molecule has 1 aromatic heterocycles. The number of benzene rings is 4. The molecular formula is C37H34N4O3. The summed E-state index contributed by atoms with van der Waals surface area (Å²) in [6.45, 7) is 1.28. The summed E-state index contributed by atoms with van der Waals surface area (Å²) in [5.41, 5.74) is 4.96. The molecule has 8 rings (SSSR count). The van der Waals surface area contributed by atoms with Crippen molar-refractivity contribution >= 4 is 28.6 Å². The van der Waals surface area contributed by atoms with Gasteiger partial charge in [0.15, 0.2) is 0 Å². The van der Waals surface area contributed by atoms with Gasteiger partial charge in [-0.3, -0.25) is 4.79 Å². The molecule has 5 aromatic rings. The van der Waals surface area contributed by atoms with Crippen molar-refractivity contribution in [3.8, 4) is 0 Å². The van der Waals surface area contributed by atoms with Gasteiger partial charge in [-0.1, -0.05) is 91.0 Å². The Labute approximate surface area is 256 Å². The number of likely N-dealkylation sites (tertiary alicyclic amines) is 1. The number of anilines is 1. The maximum atomic E-state index is 13.9. The van der Waals surface area contributed by atoms with Crippen molar-refractivity contribution in [3.63, 3.8) is 0 Å². The molecule has 1 unspecified atom stereocenters. The van der Waals surface area contributed by atoms with Gasteiger partial charge < -0.3 is 14.9 Å². The van der Waals surface area contributed by atoms with Crippen LogP contribution in [-0.4, -0.2) is 51.4 Å². The molecule has 2 saturated heterocycles. The zero-order valence-corrected chi connectivity index (χ0v) is 24.5. The summed E-state index contributed by atoms with van der Waals surface area (Å²) in [7, 11) is 0. The molecule has 3 fully saturated rings. The topological polar surface area (TPSA) is 78.7 Å². The van der Waals surface area contributed by atoms with Gasteiger partial charge in [-0.25, -0.2) is 9.48 Å². The van der Waals surface area contributed by atoms with E-state index in [9.17, 15) is 14.7 Å². The summed E-state index contributed by atoms with van der Waals surface area (Å²) in [4.78, 5) is 28.8. The van der Waals surface area contributed by atoms with Gasteiger partial charge in [0.2, 0.25) is 5.91 Å². The number of fused-ring (bicyclic) bond motifs is 1. The van der Waals surface area contributed by atoms with E-state index in [-0.39, 0.29) is 12.5 Å².